The Labute approximate surface area is 152 Å². The van der Waals surface area contributed by atoms with Gasteiger partial charge < -0.3 is 5.01 Å². The van der Waals surface area contributed by atoms with Gasteiger partial charge in [0, 0.05) is 30.4 Å². The molecule has 1 aliphatic heterocycles. The van der Waals surface area contributed by atoms with E-state index < -0.39 is 0 Å². The molecule has 1 aliphatic rings. The van der Waals surface area contributed by atoms with Gasteiger partial charge in [-0.25, -0.2) is 9.40 Å². The number of hydrogen-bond acceptors (Lipinski definition) is 3. The third-order valence-electron chi connectivity index (χ3n) is 4.93. The molecule has 1 saturated heterocycles. The summed E-state index contributed by atoms with van der Waals surface area (Å²) >= 11 is 0. The minimum Gasteiger partial charge on any atom is -0.305 e. The van der Waals surface area contributed by atoms with Crippen molar-refractivity contribution in [1.29, 1.82) is 5.26 Å². The molecular formula is C22H20FN3. The van der Waals surface area contributed by atoms with Crippen molar-refractivity contribution in [3.8, 4) is 6.07 Å². The van der Waals surface area contributed by atoms with Gasteiger partial charge in [0.05, 0.1) is 17.3 Å². The summed E-state index contributed by atoms with van der Waals surface area (Å²) in [6.45, 7) is 2.53. The van der Waals surface area contributed by atoms with E-state index >= 15 is 0 Å². The SMILES string of the molecule is N#Cc1ccc(N2CCCCN2Cc2cccc(F)c2)c2ccccc12. The Hall–Kier alpha value is -2.90. The Balaban J connectivity index is 1.73. The van der Waals surface area contributed by atoms with Crippen molar-refractivity contribution in [3.63, 3.8) is 0 Å². The van der Waals surface area contributed by atoms with Crippen LogP contribution in [0.25, 0.3) is 10.8 Å². The molecule has 1 fully saturated rings. The van der Waals surface area contributed by atoms with Gasteiger partial charge in [-0.3, -0.25) is 0 Å². The van der Waals surface area contributed by atoms with Crippen LogP contribution in [0.2, 0.25) is 0 Å². The smallest absolute Gasteiger partial charge is 0.123 e. The highest BCUT2D eigenvalue weighted by Crippen LogP contribution is 2.32. The normalized spacial score (nSPS) is 15.2. The highest BCUT2D eigenvalue weighted by molar-refractivity contribution is 5.97. The predicted octanol–water partition coefficient (Wildman–Crippen LogP) is 4.87. The van der Waals surface area contributed by atoms with Crippen LogP contribution in [0.4, 0.5) is 10.1 Å². The standard InChI is InChI=1S/C22H20FN3/c23-19-7-5-6-17(14-19)16-25-12-3-4-13-26(25)22-11-10-18(15-24)20-8-1-2-9-21(20)22/h1-2,5-11,14H,3-4,12-13,16H2. The summed E-state index contributed by atoms with van der Waals surface area (Å²) in [5.74, 6) is -0.199. The minimum absolute atomic E-state index is 0.199. The van der Waals surface area contributed by atoms with Crippen LogP contribution in [0, 0.1) is 17.1 Å². The van der Waals surface area contributed by atoms with E-state index in [4.69, 9.17) is 0 Å². The van der Waals surface area contributed by atoms with Gasteiger partial charge in [-0.1, -0.05) is 36.4 Å². The van der Waals surface area contributed by atoms with Crippen LogP contribution < -0.4 is 5.01 Å². The summed E-state index contributed by atoms with van der Waals surface area (Å²) < 4.78 is 13.6. The first-order valence-corrected chi connectivity index (χ1v) is 8.95. The fraction of sp³-hybridized carbons (Fsp3) is 0.227. The minimum atomic E-state index is -0.199. The fourth-order valence-electron chi connectivity index (χ4n) is 3.71. The highest BCUT2D eigenvalue weighted by atomic mass is 19.1. The number of benzene rings is 3. The Morgan fingerprint density at radius 1 is 0.923 bits per heavy atom. The van der Waals surface area contributed by atoms with Gasteiger partial charge in [0.15, 0.2) is 0 Å². The maximum absolute atomic E-state index is 13.6. The Morgan fingerprint density at radius 3 is 2.54 bits per heavy atom. The van der Waals surface area contributed by atoms with Crippen molar-refractivity contribution in [2.24, 2.45) is 0 Å². The molecular weight excluding hydrogens is 325 g/mol. The van der Waals surface area contributed by atoms with Crippen LogP contribution in [0.3, 0.4) is 0 Å². The lowest BCUT2D eigenvalue weighted by atomic mass is 10.0. The molecule has 0 spiro atoms. The van der Waals surface area contributed by atoms with Crippen molar-refractivity contribution in [2.75, 3.05) is 18.1 Å². The van der Waals surface area contributed by atoms with E-state index in [0.717, 1.165) is 48.0 Å². The second kappa shape index (κ2) is 7.15. The number of hydrazine groups is 1. The first-order chi connectivity index (χ1) is 12.8. The Bertz CT molecular complexity index is 977. The lowest BCUT2D eigenvalue weighted by molar-refractivity contribution is 0.205. The van der Waals surface area contributed by atoms with E-state index in [0.29, 0.717) is 12.1 Å². The molecule has 0 unspecified atom stereocenters. The number of halogens is 1. The molecule has 1 heterocycles. The van der Waals surface area contributed by atoms with Gasteiger partial charge in [-0.05, 0) is 42.7 Å². The maximum atomic E-state index is 13.6. The summed E-state index contributed by atoms with van der Waals surface area (Å²) in [7, 11) is 0. The third kappa shape index (κ3) is 3.14. The topological polar surface area (TPSA) is 30.3 Å². The Kier molecular flexibility index (Phi) is 4.55. The molecule has 0 N–H and O–H groups in total. The lowest BCUT2D eigenvalue weighted by Gasteiger charge is -2.41. The number of rotatable bonds is 3. The van der Waals surface area contributed by atoms with E-state index in [9.17, 15) is 9.65 Å². The summed E-state index contributed by atoms with van der Waals surface area (Å²) in [5, 5.41) is 16.0. The van der Waals surface area contributed by atoms with E-state index in [1.165, 1.54) is 6.07 Å². The number of hydrogen-bond donors (Lipinski definition) is 0. The first-order valence-electron chi connectivity index (χ1n) is 8.95. The average Bonchev–Trinajstić information content (AvgIpc) is 2.68. The maximum Gasteiger partial charge on any atom is 0.123 e. The van der Waals surface area contributed by atoms with Gasteiger partial charge in [0.1, 0.15) is 5.82 Å². The molecule has 0 amide bonds. The van der Waals surface area contributed by atoms with Crippen LogP contribution in [-0.4, -0.2) is 18.1 Å². The average molecular weight is 345 g/mol. The summed E-state index contributed by atoms with van der Waals surface area (Å²) in [6, 6.07) is 21.1. The molecule has 26 heavy (non-hydrogen) atoms. The van der Waals surface area contributed by atoms with E-state index in [1.54, 1.807) is 12.1 Å². The molecule has 0 saturated carbocycles. The molecule has 130 valence electrons. The quantitative estimate of drug-likeness (QED) is 0.678. The van der Waals surface area contributed by atoms with Gasteiger partial charge in [0.2, 0.25) is 0 Å². The van der Waals surface area contributed by atoms with E-state index in [1.807, 2.05) is 36.4 Å². The summed E-state index contributed by atoms with van der Waals surface area (Å²) in [5.41, 5.74) is 2.77. The fourth-order valence-corrected chi connectivity index (χ4v) is 3.71. The van der Waals surface area contributed by atoms with Gasteiger partial charge in [0.25, 0.3) is 0 Å². The zero-order chi connectivity index (χ0) is 17.9. The zero-order valence-electron chi connectivity index (χ0n) is 14.5. The van der Waals surface area contributed by atoms with E-state index in [-0.39, 0.29) is 5.82 Å². The van der Waals surface area contributed by atoms with Crippen molar-refractivity contribution < 1.29 is 4.39 Å². The van der Waals surface area contributed by atoms with Crippen molar-refractivity contribution in [1.82, 2.24) is 5.01 Å². The third-order valence-corrected chi connectivity index (χ3v) is 4.93. The number of nitriles is 1. The molecule has 0 aliphatic carbocycles. The molecule has 3 nitrogen and oxygen atoms in total. The highest BCUT2D eigenvalue weighted by Gasteiger charge is 2.22. The lowest BCUT2D eigenvalue weighted by Crippen LogP contribution is -2.47. The molecule has 4 heteroatoms. The number of nitrogens with zero attached hydrogens (tertiary/aromatic N) is 3. The van der Waals surface area contributed by atoms with E-state index in [2.05, 4.69) is 22.2 Å². The van der Waals surface area contributed by atoms with Crippen molar-refractivity contribution >= 4 is 16.5 Å². The molecule has 0 atom stereocenters. The van der Waals surface area contributed by atoms with Crippen LogP contribution in [0.1, 0.15) is 24.0 Å². The summed E-state index contributed by atoms with van der Waals surface area (Å²) in [6.07, 6.45) is 2.24. The van der Waals surface area contributed by atoms with Crippen molar-refractivity contribution in [2.45, 2.75) is 19.4 Å². The monoisotopic (exact) mass is 345 g/mol. The van der Waals surface area contributed by atoms with Gasteiger partial charge in [-0.2, -0.15) is 5.26 Å². The van der Waals surface area contributed by atoms with Crippen LogP contribution in [0.15, 0.2) is 60.7 Å². The number of fused-ring (bicyclic) bond motifs is 1. The molecule has 0 bridgehead atoms. The van der Waals surface area contributed by atoms with Crippen LogP contribution in [0.5, 0.6) is 0 Å². The summed E-state index contributed by atoms with van der Waals surface area (Å²) in [4.78, 5) is 0. The molecule has 3 aromatic carbocycles. The van der Waals surface area contributed by atoms with Crippen LogP contribution >= 0.6 is 0 Å². The van der Waals surface area contributed by atoms with Crippen molar-refractivity contribution in [3.05, 3.63) is 77.6 Å². The largest absolute Gasteiger partial charge is 0.305 e. The Morgan fingerprint density at radius 2 is 1.73 bits per heavy atom. The second-order valence-corrected chi connectivity index (χ2v) is 6.64. The molecule has 3 aromatic rings. The second-order valence-electron chi connectivity index (χ2n) is 6.64. The predicted molar refractivity (Wildman–Crippen MR) is 102 cm³/mol. The zero-order valence-corrected chi connectivity index (χ0v) is 14.5. The van der Waals surface area contributed by atoms with Gasteiger partial charge >= 0.3 is 0 Å². The molecule has 4 rings (SSSR count). The first kappa shape index (κ1) is 16.6. The van der Waals surface area contributed by atoms with Crippen LogP contribution in [-0.2, 0) is 6.54 Å². The van der Waals surface area contributed by atoms with Gasteiger partial charge in [-0.15, -0.1) is 0 Å². The molecule has 0 aromatic heterocycles. The number of anilines is 1. The molecule has 0 radical (unpaired) electrons.